The lowest BCUT2D eigenvalue weighted by Gasteiger charge is -2.45. The van der Waals surface area contributed by atoms with Crippen LogP contribution >= 0.6 is 15.9 Å². The second kappa shape index (κ2) is 5.76. The normalized spacial score (nSPS) is 26.1. The maximum Gasteiger partial charge on any atom is 0.337 e. The number of carbonyl (C=O) groups is 1. The number of hydrogen-bond donors (Lipinski definition) is 1. The summed E-state index contributed by atoms with van der Waals surface area (Å²) in [4.78, 5) is 13.9. The van der Waals surface area contributed by atoms with Crippen LogP contribution < -0.4 is 4.90 Å². The van der Waals surface area contributed by atoms with Gasteiger partial charge < -0.3 is 10.0 Å². The summed E-state index contributed by atoms with van der Waals surface area (Å²) in [6.45, 7) is 0.989. The van der Waals surface area contributed by atoms with Crippen LogP contribution in [0.1, 0.15) is 48.9 Å². The van der Waals surface area contributed by atoms with E-state index in [4.69, 9.17) is 0 Å². The summed E-state index contributed by atoms with van der Waals surface area (Å²) < 4.78 is 0.829. The highest BCUT2D eigenvalue weighted by Gasteiger charge is 2.34. The molecule has 0 radical (unpaired) electrons. The quantitative estimate of drug-likeness (QED) is 0.874. The molecule has 2 fully saturated rings. The van der Waals surface area contributed by atoms with Gasteiger partial charge in [-0.25, -0.2) is 4.79 Å². The summed E-state index contributed by atoms with van der Waals surface area (Å²) >= 11 is 3.38. The van der Waals surface area contributed by atoms with E-state index in [9.17, 15) is 9.90 Å². The van der Waals surface area contributed by atoms with Gasteiger partial charge in [-0.2, -0.15) is 0 Å². The van der Waals surface area contributed by atoms with Crippen LogP contribution in [-0.2, 0) is 0 Å². The Balaban J connectivity index is 1.96. The van der Waals surface area contributed by atoms with Gasteiger partial charge >= 0.3 is 5.97 Å². The van der Waals surface area contributed by atoms with Gasteiger partial charge in [0.1, 0.15) is 0 Å². The van der Waals surface area contributed by atoms with E-state index < -0.39 is 5.97 Å². The van der Waals surface area contributed by atoms with Gasteiger partial charge in [-0.1, -0.05) is 28.8 Å². The van der Waals surface area contributed by atoms with Crippen molar-refractivity contribution in [3.05, 3.63) is 28.2 Å². The van der Waals surface area contributed by atoms with Crippen molar-refractivity contribution >= 4 is 27.6 Å². The molecule has 0 amide bonds. The fraction of sp³-hybridized carbons (Fsp3) is 0.562. The van der Waals surface area contributed by atoms with Gasteiger partial charge in [-0.3, -0.25) is 0 Å². The minimum atomic E-state index is -0.834. The first-order chi connectivity index (χ1) is 9.66. The molecule has 0 spiro atoms. The molecule has 1 aromatic rings. The highest BCUT2D eigenvalue weighted by atomic mass is 79.9. The first kappa shape index (κ1) is 13.9. The molecule has 20 heavy (non-hydrogen) atoms. The molecule has 1 saturated carbocycles. The van der Waals surface area contributed by atoms with E-state index in [2.05, 4.69) is 20.8 Å². The molecular formula is C16H20BrNO2. The molecule has 1 N–H and O–H groups in total. The maximum absolute atomic E-state index is 11.5. The third-order valence-electron chi connectivity index (χ3n) is 4.74. The third-order valence-corrected chi connectivity index (χ3v) is 5.23. The van der Waals surface area contributed by atoms with Gasteiger partial charge in [-0.05, 0) is 49.8 Å². The number of hydrogen-bond acceptors (Lipinski definition) is 2. The predicted octanol–water partition coefficient (Wildman–Crippen LogP) is 4.31. The van der Waals surface area contributed by atoms with Crippen LogP contribution in [-0.4, -0.2) is 23.7 Å². The zero-order valence-corrected chi connectivity index (χ0v) is 13.1. The van der Waals surface area contributed by atoms with Crippen LogP contribution in [0.5, 0.6) is 0 Å². The number of anilines is 1. The average molecular weight is 338 g/mol. The fourth-order valence-corrected chi connectivity index (χ4v) is 4.21. The van der Waals surface area contributed by atoms with Crippen molar-refractivity contribution in [2.24, 2.45) is 5.92 Å². The van der Waals surface area contributed by atoms with Gasteiger partial charge in [0.15, 0.2) is 0 Å². The summed E-state index contributed by atoms with van der Waals surface area (Å²) in [5.41, 5.74) is 1.32. The molecule has 0 bridgehead atoms. The third kappa shape index (κ3) is 2.58. The van der Waals surface area contributed by atoms with Gasteiger partial charge in [0.25, 0.3) is 0 Å². The number of piperidine rings is 1. The summed E-state index contributed by atoms with van der Waals surface area (Å²) in [6, 6.07) is 6.18. The van der Waals surface area contributed by atoms with E-state index in [1.165, 1.54) is 38.5 Å². The van der Waals surface area contributed by atoms with Gasteiger partial charge in [0.05, 0.1) is 11.3 Å². The van der Waals surface area contributed by atoms with Gasteiger partial charge in [0, 0.05) is 17.1 Å². The van der Waals surface area contributed by atoms with Crippen LogP contribution in [0.25, 0.3) is 0 Å². The molecule has 3 rings (SSSR count). The Bertz CT molecular complexity index is 515. The number of carboxylic acid groups (broad SMARTS) is 1. The smallest absolute Gasteiger partial charge is 0.337 e. The van der Waals surface area contributed by atoms with Gasteiger partial charge in [0.2, 0.25) is 0 Å². The molecule has 1 saturated heterocycles. The number of aromatic carboxylic acids is 1. The lowest BCUT2D eigenvalue weighted by Crippen LogP contribution is -2.47. The van der Waals surface area contributed by atoms with E-state index in [0.717, 1.165) is 22.6 Å². The first-order valence-electron chi connectivity index (χ1n) is 7.46. The Labute approximate surface area is 128 Å². The number of nitrogens with zero attached hydrogens (tertiary/aromatic N) is 1. The lowest BCUT2D eigenvalue weighted by atomic mass is 9.78. The molecule has 1 aromatic carbocycles. The van der Waals surface area contributed by atoms with E-state index in [0.29, 0.717) is 11.6 Å². The van der Waals surface area contributed by atoms with E-state index in [-0.39, 0.29) is 0 Å². The zero-order chi connectivity index (χ0) is 14.1. The molecule has 3 nitrogen and oxygen atoms in total. The average Bonchev–Trinajstić information content (AvgIpc) is 2.46. The molecular weight excluding hydrogens is 318 g/mol. The van der Waals surface area contributed by atoms with Crippen LogP contribution in [0, 0.1) is 5.92 Å². The molecule has 1 aliphatic carbocycles. The summed E-state index contributed by atoms with van der Waals surface area (Å²) in [5, 5.41) is 9.47. The molecule has 2 aliphatic rings. The Morgan fingerprint density at radius 2 is 1.95 bits per heavy atom. The molecule has 4 heteroatoms. The topological polar surface area (TPSA) is 40.5 Å². The maximum atomic E-state index is 11.5. The second-order valence-corrected chi connectivity index (χ2v) is 6.83. The largest absolute Gasteiger partial charge is 0.478 e. The van der Waals surface area contributed by atoms with Crippen LogP contribution in [0.3, 0.4) is 0 Å². The molecule has 0 unspecified atom stereocenters. The first-order valence-corrected chi connectivity index (χ1v) is 8.25. The molecule has 108 valence electrons. The highest BCUT2D eigenvalue weighted by Crippen LogP contribution is 2.39. The Morgan fingerprint density at radius 1 is 1.20 bits per heavy atom. The summed E-state index contributed by atoms with van der Waals surface area (Å²) in [7, 11) is 0. The fourth-order valence-electron chi connectivity index (χ4n) is 3.85. The van der Waals surface area contributed by atoms with Crippen LogP contribution in [0.15, 0.2) is 22.7 Å². The van der Waals surface area contributed by atoms with Crippen molar-refractivity contribution < 1.29 is 9.90 Å². The van der Waals surface area contributed by atoms with Gasteiger partial charge in [-0.15, -0.1) is 0 Å². The molecule has 1 aliphatic heterocycles. The number of halogens is 1. The zero-order valence-electron chi connectivity index (χ0n) is 11.5. The summed E-state index contributed by atoms with van der Waals surface area (Å²) in [6.07, 6.45) is 7.61. The van der Waals surface area contributed by atoms with E-state index in [1.807, 2.05) is 12.1 Å². The van der Waals surface area contributed by atoms with Crippen molar-refractivity contribution in [3.8, 4) is 0 Å². The lowest BCUT2D eigenvalue weighted by molar-refractivity contribution is 0.0697. The SMILES string of the molecule is O=C(O)c1cc(Br)ccc1N1CCC[C@H]2CCCC[C@H]21. The van der Waals surface area contributed by atoms with Crippen LogP contribution in [0.4, 0.5) is 5.69 Å². The standard InChI is InChI=1S/C16H20BrNO2/c17-12-7-8-15(13(10-12)16(19)20)18-9-3-5-11-4-1-2-6-14(11)18/h7-8,10-11,14H,1-6,9H2,(H,19,20)/t11-,14-/m1/s1. The van der Waals surface area contributed by atoms with Crippen LogP contribution in [0.2, 0.25) is 0 Å². The number of benzene rings is 1. The Hall–Kier alpha value is -1.03. The van der Waals surface area contributed by atoms with Crippen molar-refractivity contribution in [2.45, 2.75) is 44.6 Å². The van der Waals surface area contributed by atoms with E-state index >= 15 is 0 Å². The van der Waals surface area contributed by atoms with E-state index in [1.54, 1.807) is 6.07 Å². The predicted molar refractivity (Wildman–Crippen MR) is 83.4 cm³/mol. The molecule has 2 atom stereocenters. The second-order valence-electron chi connectivity index (χ2n) is 5.91. The number of rotatable bonds is 2. The molecule has 0 aromatic heterocycles. The van der Waals surface area contributed by atoms with Crippen molar-refractivity contribution in [3.63, 3.8) is 0 Å². The number of carboxylic acids is 1. The Morgan fingerprint density at radius 3 is 2.75 bits per heavy atom. The highest BCUT2D eigenvalue weighted by molar-refractivity contribution is 9.10. The minimum absolute atomic E-state index is 0.422. The van der Waals surface area contributed by atoms with Crippen molar-refractivity contribution in [1.29, 1.82) is 0 Å². The monoisotopic (exact) mass is 337 g/mol. The minimum Gasteiger partial charge on any atom is -0.478 e. The van der Waals surface area contributed by atoms with Crippen molar-refractivity contribution in [2.75, 3.05) is 11.4 Å². The van der Waals surface area contributed by atoms with Crippen molar-refractivity contribution in [1.82, 2.24) is 0 Å². The Kier molecular flexibility index (Phi) is 4.01. The summed E-state index contributed by atoms with van der Waals surface area (Å²) in [5.74, 6) is -0.0815. The molecule has 1 heterocycles. The number of fused-ring (bicyclic) bond motifs is 1.